The SMILES string of the molecule is O=C(NNC(=O)c1ccc(-c2nc3ccccc3s2)s1)c1ccco1. The first-order chi connectivity index (χ1) is 12.2. The Kier molecular flexibility index (Phi) is 4.04. The molecule has 4 aromatic rings. The van der Waals surface area contributed by atoms with Crippen LogP contribution >= 0.6 is 22.7 Å². The van der Waals surface area contributed by atoms with Crippen LogP contribution in [0.5, 0.6) is 0 Å². The van der Waals surface area contributed by atoms with E-state index in [1.807, 2.05) is 30.3 Å². The summed E-state index contributed by atoms with van der Waals surface area (Å²) in [5, 5.41) is 0.866. The van der Waals surface area contributed by atoms with Gasteiger partial charge in [0.1, 0.15) is 5.01 Å². The minimum atomic E-state index is -0.513. The van der Waals surface area contributed by atoms with Gasteiger partial charge in [0, 0.05) is 0 Å². The van der Waals surface area contributed by atoms with Crippen molar-refractivity contribution in [1.82, 2.24) is 15.8 Å². The topological polar surface area (TPSA) is 84.2 Å². The first-order valence-electron chi connectivity index (χ1n) is 7.31. The third-order valence-electron chi connectivity index (χ3n) is 3.37. The summed E-state index contributed by atoms with van der Waals surface area (Å²) in [5.41, 5.74) is 5.63. The van der Waals surface area contributed by atoms with Crippen LogP contribution in [0.25, 0.3) is 20.1 Å². The van der Waals surface area contributed by atoms with Crippen LogP contribution in [0, 0.1) is 0 Å². The van der Waals surface area contributed by atoms with Crippen molar-refractivity contribution in [2.75, 3.05) is 0 Å². The average molecular weight is 369 g/mol. The molecule has 0 aliphatic carbocycles. The fourth-order valence-corrected chi connectivity index (χ4v) is 4.12. The number of amides is 2. The number of nitrogens with zero attached hydrogens (tertiary/aromatic N) is 1. The van der Waals surface area contributed by atoms with Crippen LogP contribution in [0.1, 0.15) is 20.2 Å². The molecule has 0 atom stereocenters. The zero-order valence-electron chi connectivity index (χ0n) is 12.7. The monoisotopic (exact) mass is 369 g/mol. The van der Waals surface area contributed by atoms with Gasteiger partial charge in [-0.25, -0.2) is 4.98 Å². The van der Waals surface area contributed by atoms with Gasteiger partial charge in [-0.15, -0.1) is 22.7 Å². The second kappa shape index (κ2) is 6.50. The number of nitrogens with one attached hydrogen (secondary N) is 2. The Balaban J connectivity index is 1.47. The lowest BCUT2D eigenvalue weighted by molar-refractivity contribution is 0.0833. The summed E-state index contributed by atoms with van der Waals surface area (Å²) in [6.45, 7) is 0. The lowest BCUT2D eigenvalue weighted by Gasteiger charge is -2.03. The van der Waals surface area contributed by atoms with Gasteiger partial charge in [-0.05, 0) is 36.4 Å². The lowest BCUT2D eigenvalue weighted by atomic mass is 10.3. The fourth-order valence-electron chi connectivity index (χ4n) is 2.20. The normalized spacial score (nSPS) is 10.7. The van der Waals surface area contributed by atoms with Crippen LogP contribution in [0.3, 0.4) is 0 Å². The molecule has 25 heavy (non-hydrogen) atoms. The minimum Gasteiger partial charge on any atom is -0.459 e. The summed E-state index contributed by atoms with van der Waals surface area (Å²) in [4.78, 5) is 29.9. The minimum absolute atomic E-state index is 0.127. The number of thiophene rings is 1. The number of fused-ring (bicyclic) bond motifs is 1. The molecule has 0 spiro atoms. The molecule has 0 unspecified atom stereocenters. The molecule has 4 rings (SSSR count). The van der Waals surface area contributed by atoms with Gasteiger partial charge >= 0.3 is 5.91 Å². The third kappa shape index (κ3) is 3.17. The lowest BCUT2D eigenvalue weighted by Crippen LogP contribution is -2.41. The van der Waals surface area contributed by atoms with Gasteiger partial charge in [-0.3, -0.25) is 20.4 Å². The largest absolute Gasteiger partial charge is 0.459 e. The molecule has 0 aliphatic rings. The first kappa shape index (κ1) is 15.6. The highest BCUT2D eigenvalue weighted by Gasteiger charge is 2.15. The highest BCUT2D eigenvalue weighted by atomic mass is 32.1. The van der Waals surface area contributed by atoms with E-state index in [1.54, 1.807) is 23.5 Å². The summed E-state index contributed by atoms with van der Waals surface area (Å²) >= 11 is 2.90. The molecule has 1 aromatic carbocycles. The van der Waals surface area contributed by atoms with E-state index in [0.717, 1.165) is 20.1 Å². The van der Waals surface area contributed by atoms with E-state index in [-0.39, 0.29) is 5.76 Å². The van der Waals surface area contributed by atoms with Crippen LogP contribution in [0.2, 0.25) is 0 Å². The van der Waals surface area contributed by atoms with Gasteiger partial charge < -0.3 is 4.42 Å². The van der Waals surface area contributed by atoms with Gasteiger partial charge in [0.05, 0.1) is 26.2 Å². The zero-order valence-corrected chi connectivity index (χ0v) is 14.3. The van der Waals surface area contributed by atoms with Gasteiger partial charge in [-0.1, -0.05) is 12.1 Å². The Hall–Kier alpha value is -2.97. The van der Waals surface area contributed by atoms with E-state index in [9.17, 15) is 9.59 Å². The summed E-state index contributed by atoms with van der Waals surface area (Å²) in [6, 6.07) is 14.6. The molecule has 2 N–H and O–H groups in total. The van der Waals surface area contributed by atoms with E-state index >= 15 is 0 Å². The van der Waals surface area contributed by atoms with Crippen LogP contribution in [-0.4, -0.2) is 16.8 Å². The number of carbonyl (C=O) groups is 2. The number of rotatable bonds is 3. The average Bonchev–Trinajstić information content (AvgIpc) is 3.38. The number of hydrazine groups is 1. The molecular formula is C17H11N3O3S2. The first-order valence-corrected chi connectivity index (χ1v) is 8.94. The summed E-state index contributed by atoms with van der Waals surface area (Å²) in [6.07, 6.45) is 1.39. The maximum atomic E-state index is 12.2. The van der Waals surface area contributed by atoms with E-state index < -0.39 is 11.8 Å². The maximum absolute atomic E-state index is 12.2. The smallest absolute Gasteiger partial charge is 0.305 e. The molecule has 8 heteroatoms. The number of para-hydroxylation sites is 1. The maximum Gasteiger partial charge on any atom is 0.305 e. The Bertz CT molecular complexity index is 1020. The second-order valence-corrected chi connectivity index (χ2v) is 7.15. The zero-order chi connectivity index (χ0) is 17.2. The Labute approximate surface area is 150 Å². The van der Waals surface area contributed by atoms with Crippen molar-refractivity contribution < 1.29 is 14.0 Å². The summed E-state index contributed by atoms with van der Waals surface area (Å²) in [7, 11) is 0. The van der Waals surface area contributed by atoms with Crippen molar-refractivity contribution in [2.45, 2.75) is 0 Å². The molecule has 0 saturated heterocycles. The van der Waals surface area contributed by atoms with E-state index in [2.05, 4.69) is 15.8 Å². The van der Waals surface area contributed by atoms with Crippen LogP contribution in [0.4, 0.5) is 0 Å². The Morgan fingerprint density at radius 3 is 2.56 bits per heavy atom. The van der Waals surface area contributed by atoms with Crippen LogP contribution < -0.4 is 10.9 Å². The van der Waals surface area contributed by atoms with Crippen LogP contribution in [-0.2, 0) is 0 Å². The Morgan fingerprint density at radius 1 is 0.920 bits per heavy atom. The van der Waals surface area contributed by atoms with Crippen molar-refractivity contribution in [2.24, 2.45) is 0 Å². The van der Waals surface area contributed by atoms with Crippen molar-refractivity contribution in [3.05, 3.63) is 65.4 Å². The molecule has 0 saturated carbocycles. The van der Waals surface area contributed by atoms with E-state index in [1.165, 1.54) is 23.7 Å². The number of aromatic nitrogens is 1. The van der Waals surface area contributed by atoms with E-state index in [0.29, 0.717) is 4.88 Å². The quantitative estimate of drug-likeness (QED) is 0.540. The highest BCUT2D eigenvalue weighted by Crippen LogP contribution is 2.34. The fraction of sp³-hybridized carbons (Fsp3) is 0. The van der Waals surface area contributed by atoms with Gasteiger partial charge in [0.25, 0.3) is 5.91 Å². The molecule has 0 fully saturated rings. The second-order valence-electron chi connectivity index (χ2n) is 5.04. The number of furan rings is 1. The summed E-state index contributed by atoms with van der Waals surface area (Å²) in [5.74, 6) is -0.778. The van der Waals surface area contributed by atoms with Crippen molar-refractivity contribution in [3.8, 4) is 9.88 Å². The standard InChI is InChI=1S/C17H11N3O3S2/c21-15(11-5-3-9-23-11)19-20-16(22)13-7-8-14(24-13)17-18-10-4-1-2-6-12(10)25-17/h1-9H,(H,19,21)(H,20,22). The van der Waals surface area contributed by atoms with Crippen LogP contribution in [0.15, 0.2) is 59.2 Å². The Morgan fingerprint density at radius 2 is 1.76 bits per heavy atom. The molecular weight excluding hydrogens is 358 g/mol. The molecule has 3 heterocycles. The molecule has 0 radical (unpaired) electrons. The van der Waals surface area contributed by atoms with Crippen molar-refractivity contribution in [3.63, 3.8) is 0 Å². The van der Waals surface area contributed by atoms with Gasteiger partial charge in [0.15, 0.2) is 5.76 Å². The number of hydrogen-bond acceptors (Lipinski definition) is 6. The van der Waals surface area contributed by atoms with Gasteiger partial charge in [0.2, 0.25) is 0 Å². The van der Waals surface area contributed by atoms with Crippen molar-refractivity contribution in [1.29, 1.82) is 0 Å². The van der Waals surface area contributed by atoms with Gasteiger partial charge in [-0.2, -0.15) is 0 Å². The molecule has 6 nitrogen and oxygen atoms in total. The number of benzene rings is 1. The molecule has 0 bridgehead atoms. The molecule has 0 aliphatic heterocycles. The molecule has 124 valence electrons. The highest BCUT2D eigenvalue weighted by molar-refractivity contribution is 7.26. The third-order valence-corrected chi connectivity index (χ3v) is 5.66. The predicted octanol–water partition coefficient (Wildman–Crippen LogP) is 3.69. The summed E-state index contributed by atoms with van der Waals surface area (Å²) < 4.78 is 6.06. The van der Waals surface area contributed by atoms with E-state index in [4.69, 9.17) is 4.42 Å². The molecule has 2 amide bonds. The molecule has 3 aromatic heterocycles. The number of thiazole rings is 1. The number of hydrogen-bond donors (Lipinski definition) is 2. The van der Waals surface area contributed by atoms with Crippen molar-refractivity contribution >= 4 is 44.7 Å². The number of carbonyl (C=O) groups excluding carboxylic acids is 2. The predicted molar refractivity (Wildman–Crippen MR) is 96.6 cm³/mol.